The zero-order valence-electron chi connectivity index (χ0n) is 15.2. The highest BCUT2D eigenvalue weighted by molar-refractivity contribution is 7.92. The van der Waals surface area contributed by atoms with Crippen molar-refractivity contribution >= 4 is 33.2 Å². The Hall–Kier alpha value is -1.84. The first-order valence-corrected chi connectivity index (χ1v) is 10.9. The number of carbonyl (C=O) groups is 1. The topological polar surface area (TPSA) is 105 Å². The van der Waals surface area contributed by atoms with Gasteiger partial charge in [0.15, 0.2) is 15.6 Å². The van der Waals surface area contributed by atoms with Crippen LogP contribution in [0, 0.1) is 0 Å². The third-order valence-electron chi connectivity index (χ3n) is 5.02. The van der Waals surface area contributed by atoms with E-state index in [0.717, 1.165) is 18.4 Å². The molecule has 1 saturated heterocycles. The van der Waals surface area contributed by atoms with Crippen molar-refractivity contribution in [3.8, 4) is 5.75 Å². The Labute approximate surface area is 167 Å². The molecule has 1 fully saturated rings. The fourth-order valence-electron chi connectivity index (χ4n) is 3.45. The molecule has 0 unspecified atom stereocenters. The number of ether oxygens (including phenoxy) is 1. The van der Waals surface area contributed by atoms with Gasteiger partial charge in [0.25, 0.3) is 0 Å². The number of halogens is 2. The summed E-state index contributed by atoms with van der Waals surface area (Å²) >= 11 is 6.02. The van der Waals surface area contributed by atoms with Gasteiger partial charge >= 0.3 is 6.03 Å². The van der Waals surface area contributed by atoms with Crippen molar-refractivity contribution in [2.75, 3.05) is 18.5 Å². The lowest BCUT2D eigenvalue weighted by molar-refractivity contribution is 0.0390. The van der Waals surface area contributed by atoms with Crippen molar-refractivity contribution in [3.63, 3.8) is 0 Å². The number of phenolic OH excluding ortho intramolecular Hbond substituents is 1. The van der Waals surface area contributed by atoms with E-state index in [0.29, 0.717) is 0 Å². The molecule has 28 heavy (non-hydrogen) atoms. The second kappa shape index (κ2) is 8.26. The first kappa shape index (κ1) is 20.9. The Kier molecular flexibility index (Phi) is 6.16. The van der Waals surface area contributed by atoms with Crippen LogP contribution in [0.1, 0.15) is 26.2 Å². The smallest absolute Gasteiger partial charge is 0.319 e. The Morgan fingerprint density at radius 2 is 2.11 bits per heavy atom. The molecule has 3 atom stereocenters. The van der Waals surface area contributed by atoms with E-state index in [1.165, 1.54) is 12.1 Å². The normalized spacial score (nSPS) is 25.2. The first-order valence-electron chi connectivity index (χ1n) is 8.93. The molecule has 10 heteroatoms. The highest BCUT2D eigenvalue weighted by Crippen LogP contribution is 2.40. The number of phenols is 1. The maximum atomic E-state index is 14.2. The van der Waals surface area contributed by atoms with Crippen LogP contribution in [0.5, 0.6) is 5.75 Å². The second-order valence-electron chi connectivity index (χ2n) is 6.91. The zero-order chi connectivity index (χ0) is 20.5. The highest BCUT2D eigenvalue weighted by Gasteiger charge is 2.40. The third kappa shape index (κ3) is 4.11. The van der Waals surface area contributed by atoms with Gasteiger partial charge in [-0.3, -0.25) is 0 Å². The third-order valence-corrected chi connectivity index (χ3v) is 7.76. The van der Waals surface area contributed by atoms with Gasteiger partial charge in [-0.1, -0.05) is 23.3 Å². The fraction of sp³-hybridized carbons (Fsp3) is 0.500. The molecule has 154 valence electrons. The van der Waals surface area contributed by atoms with Gasteiger partial charge < -0.3 is 20.5 Å². The van der Waals surface area contributed by atoms with Crippen LogP contribution in [0.15, 0.2) is 28.7 Å². The molecule has 0 bridgehead atoms. The number of benzene rings is 1. The van der Waals surface area contributed by atoms with E-state index in [1.807, 2.05) is 13.0 Å². The van der Waals surface area contributed by atoms with Crippen LogP contribution < -0.4 is 10.6 Å². The van der Waals surface area contributed by atoms with Crippen LogP contribution in [0.2, 0.25) is 5.02 Å². The minimum Gasteiger partial charge on any atom is -0.504 e. The second-order valence-corrected chi connectivity index (χ2v) is 9.42. The number of amides is 2. The van der Waals surface area contributed by atoms with Gasteiger partial charge in [0.2, 0.25) is 0 Å². The molecular formula is C18H22ClFN2O5S. The van der Waals surface area contributed by atoms with Crippen molar-refractivity contribution in [2.24, 2.45) is 0 Å². The number of allylic oxidation sites excluding steroid dienone is 1. The van der Waals surface area contributed by atoms with Gasteiger partial charge in [0, 0.05) is 6.61 Å². The van der Waals surface area contributed by atoms with Crippen molar-refractivity contribution in [1.82, 2.24) is 5.32 Å². The lowest BCUT2D eigenvalue weighted by Gasteiger charge is -2.26. The molecule has 0 spiro atoms. The van der Waals surface area contributed by atoms with Gasteiger partial charge in [-0.25, -0.2) is 17.6 Å². The standard InChI is InChI=1S/C18H22ClFN2O5S/c1-10-3-2-4-13(10)21-18(24)22-14-6-5-11(19)17(16(14)23)28(25,26)15-7-8-27-9-12(15)20/h3,5-6,12-13,15,23H,2,4,7-9H2,1H3,(H2,21,22,24)/t12-,13+,15-/m0/s1. The Morgan fingerprint density at radius 3 is 2.75 bits per heavy atom. The molecule has 3 N–H and O–H groups in total. The van der Waals surface area contributed by atoms with Crippen LogP contribution in [0.25, 0.3) is 0 Å². The average Bonchev–Trinajstić information content (AvgIpc) is 3.02. The molecule has 1 aromatic rings. The Balaban J connectivity index is 1.85. The zero-order valence-corrected chi connectivity index (χ0v) is 16.8. The summed E-state index contributed by atoms with van der Waals surface area (Å²) in [6.45, 7) is 1.66. The summed E-state index contributed by atoms with van der Waals surface area (Å²) in [6, 6.07) is 1.84. The Morgan fingerprint density at radius 1 is 1.36 bits per heavy atom. The number of hydrogen-bond acceptors (Lipinski definition) is 5. The molecular weight excluding hydrogens is 411 g/mol. The number of sulfone groups is 1. The summed E-state index contributed by atoms with van der Waals surface area (Å²) in [5.41, 5.74) is 0.912. The van der Waals surface area contributed by atoms with Gasteiger partial charge in [-0.05, 0) is 38.3 Å². The molecule has 7 nitrogen and oxygen atoms in total. The molecule has 0 radical (unpaired) electrons. The van der Waals surface area contributed by atoms with E-state index in [-0.39, 0.29) is 36.4 Å². The summed E-state index contributed by atoms with van der Waals surface area (Å²) in [5.74, 6) is -0.708. The lowest BCUT2D eigenvalue weighted by atomic mass is 10.2. The molecule has 2 aliphatic rings. The summed E-state index contributed by atoms with van der Waals surface area (Å²) in [4.78, 5) is 11.7. The molecule has 0 saturated carbocycles. The van der Waals surface area contributed by atoms with Gasteiger partial charge in [0.05, 0.1) is 23.4 Å². The predicted octanol–water partition coefficient (Wildman–Crippen LogP) is 3.18. The van der Waals surface area contributed by atoms with E-state index >= 15 is 0 Å². The number of nitrogens with one attached hydrogen (secondary N) is 2. The number of urea groups is 1. The van der Waals surface area contributed by atoms with E-state index in [2.05, 4.69) is 10.6 Å². The maximum Gasteiger partial charge on any atom is 0.319 e. The van der Waals surface area contributed by atoms with Crippen LogP contribution in [0.3, 0.4) is 0 Å². The molecule has 0 aromatic heterocycles. The van der Waals surface area contributed by atoms with Crippen LogP contribution in [-0.4, -0.2) is 50.2 Å². The largest absolute Gasteiger partial charge is 0.504 e. The van der Waals surface area contributed by atoms with Crippen molar-refractivity contribution in [1.29, 1.82) is 0 Å². The number of hydrogen-bond donors (Lipinski definition) is 3. The van der Waals surface area contributed by atoms with Crippen molar-refractivity contribution in [2.45, 2.75) is 48.5 Å². The molecule has 3 rings (SSSR count). The van der Waals surface area contributed by atoms with Crippen molar-refractivity contribution < 1.29 is 27.4 Å². The number of alkyl halides is 1. The maximum absolute atomic E-state index is 14.2. The fourth-order valence-corrected chi connectivity index (χ4v) is 5.82. The highest BCUT2D eigenvalue weighted by atomic mass is 35.5. The average molecular weight is 433 g/mol. The van der Waals surface area contributed by atoms with E-state index in [1.54, 1.807) is 0 Å². The van der Waals surface area contributed by atoms with E-state index in [4.69, 9.17) is 16.3 Å². The minimum absolute atomic E-state index is 0.0509. The molecule has 1 aliphatic heterocycles. The van der Waals surface area contributed by atoms with E-state index in [9.17, 15) is 22.7 Å². The predicted molar refractivity (Wildman–Crippen MR) is 103 cm³/mol. The molecule has 1 aliphatic carbocycles. The van der Waals surface area contributed by atoms with Crippen molar-refractivity contribution in [3.05, 3.63) is 28.8 Å². The van der Waals surface area contributed by atoms with Crippen LogP contribution >= 0.6 is 11.6 Å². The number of aromatic hydroxyl groups is 1. The van der Waals surface area contributed by atoms with E-state index < -0.39 is 37.9 Å². The summed E-state index contributed by atoms with van der Waals surface area (Å²) in [6.07, 6.45) is 1.88. The van der Waals surface area contributed by atoms with Crippen LogP contribution in [0.4, 0.5) is 14.9 Å². The monoisotopic (exact) mass is 432 g/mol. The van der Waals surface area contributed by atoms with Gasteiger partial charge in [-0.2, -0.15) is 0 Å². The quantitative estimate of drug-likeness (QED) is 0.500. The SMILES string of the molecule is CC1=CCC[C@H]1NC(=O)Nc1ccc(Cl)c(S(=O)(=O)[C@H]2CCOC[C@@H]2F)c1O. The summed E-state index contributed by atoms with van der Waals surface area (Å²) in [5, 5.41) is 14.1. The van der Waals surface area contributed by atoms with Crippen LogP contribution in [-0.2, 0) is 14.6 Å². The van der Waals surface area contributed by atoms with Gasteiger partial charge in [-0.15, -0.1) is 0 Å². The molecule has 1 aromatic carbocycles. The van der Waals surface area contributed by atoms with Gasteiger partial charge in [0.1, 0.15) is 16.3 Å². The molecule has 1 heterocycles. The first-order chi connectivity index (χ1) is 13.2. The number of carbonyl (C=O) groups excluding carboxylic acids is 1. The lowest BCUT2D eigenvalue weighted by Crippen LogP contribution is -2.40. The number of anilines is 1. The molecule has 2 amide bonds. The summed E-state index contributed by atoms with van der Waals surface area (Å²) in [7, 11) is -4.28. The minimum atomic E-state index is -4.28. The number of rotatable bonds is 4. The summed E-state index contributed by atoms with van der Waals surface area (Å²) < 4.78 is 44.9. The Bertz CT molecular complexity index is 905.